The summed E-state index contributed by atoms with van der Waals surface area (Å²) in [6, 6.07) is 11.5. The Morgan fingerprint density at radius 1 is 1.26 bits per heavy atom. The molecule has 0 N–H and O–H groups in total. The summed E-state index contributed by atoms with van der Waals surface area (Å²) in [6.07, 6.45) is 1.82. The third kappa shape index (κ3) is 2.06. The lowest BCUT2D eigenvalue weighted by Crippen LogP contribution is -1.83. The number of rotatable bonds is 2. The van der Waals surface area contributed by atoms with E-state index in [9.17, 15) is 4.91 Å². The summed E-state index contributed by atoms with van der Waals surface area (Å²) in [5, 5.41) is 3.13. The number of aromatic nitrogens is 2. The molecule has 19 heavy (non-hydrogen) atoms. The first-order valence-electron chi connectivity index (χ1n) is 5.77. The van der Waals surface area contributed by atoms with Gasteiger partial charge in [0.1, 0.15) is 11.3 Å². The van der Waals surface area contributed by atoms with Gasteiger partial charge in [0.25, 0.3) is 0 Å². The molecule has 0 aliphatic carbocycles. The molecule has 3 aromatic rings. The van der Waals surface area contributed by atoms with Gasteiger partial charge in [-0.3, -0.25) is 4.40 Å². The van der Waals surface area contributed by atoms with Crippen molar-refractivity contribution in [3.63, 3.8) is 0 Å². The number of aryl methyl sites for hydroxylation is 1. The summed E-state index contributed by atoms with van der Waals surface area (Å²) in [4.78, 5) is 15.6. The summed E-state index contributed by atoms with van der Waals surface area (Å²) in [7, 11) is 0. The van der Waals surface area contributed by atoms with E-state index in [2.05, 4.69) is 26.1 Å². The van der Waals surface area contributed by atoms with Gasteiger partial charge in [-0.25, -0.2) is 4.98 Å². The molecule has 0 spiro atoms. The number of fused-ring (bicyclic) bond motifs is 1. The van der Waals surface area contributed by atoms with Gasteiger partial charge in [0.15, 0.2) is 0 Å². The van der Waals surface area contributed by atoms with E-state index in [1.54, 1.807) is 4.40 Å². The monoisotopic (exact) mass is 315 g/mol. The Kier molecular flexibility index (Phi) is 2.91. The van der Waals surface area contributed by atoms with Crippen LogP contribution in [0.5, 0.6) is 0 Å². The first-order valence-corrected chi connectivity index (χ1v) is 6.56. The van der Waals surface area contributed by atoms with Gasteiger partial charge in [0.2, 0.25) is 5.82 Å². The lowest BCUT2D eigenvalue weighted by Gasteiger charge is -1.98. The number of hydrogen-bond acceptors (Lipinski definition) is 3. The standard InChI is InChI=1S/C14H10BrN3O/c1-9-5-6-18-12(7-9)16-13(14(18)17-19)10-3-2-4-11(15)8-10/h2-8H,1H3. The Balaban J connectivity index is 2.31. The van der Waals surface area contributed by atoms with Crippen LogP contribution >= 0.6 is 15.9 Å². The lowest BCUT2D eigenvalue weighted by atomic mass is 10.1. The summed E-state index contributed by atoms with van der Waals surface area (Å²) in [6.45, 7) is 1.99. The molecule has 0 unspecified atom stereocenters. The molecule has 2 aromatic heterocycles. The molecule has 4 nitrogen and oxygen atoms in total. The van der Waals surface area contributed by atoms with E-state index in [0.29, 0.717) is 11.5 Å². The van der Waals surface area contributed by atoms with E-state index in [4.69, 9.17) is 0 Å². The molecule has 5 heteroatoms. The maximum Gasteiger partial charge on any atom is 0.209 e. The van der Waals surface area contributed by atoms with E-state index < -0.39 is 0 Å². The molecule has 0 atom stereocenters. The summed E-state index contributed by atoms with van der Waals surface area (Å²) >= 11 is 3.42. The maximum absolute atomic E-state index is 11.1. The first-order chi connectivity index (χ1) is 9.19. The van der Waals surface area contributed by atoms with Crippen LogP contribution in [0, 0.1) is 11.8 Å². The van der Waals surface area contributed by atoms with Crippen molar-refractivity contribution >= 4 is 27.4 Å². The molecule has 0 fully saturated rings. The van der Waals surface area contributed by atoms with Crippen LogP contribution in [0.2, 0.25) is 0 Å². The van der Waals surface area contributed by atoms with Gasteiger partial charge in [-0.2, -0.15) is 0 Å². The number of nitroso groups, excluding NO2 is 1. The SMILES string of the molecule is Cc1ccn2c(N=O)c(-c3cccc(Br)c3)nc2c1. The van der Waals surface area contributed by atoms with Crippen LogP contribution < -0.4 is 0 Å². The fourth-order valence-electron chi connectivity index (χ4n) is 2.05. The Hall–Kier alpha value is -2.01. The van der Waals surface area contributed by atoms with Gasteiger partial charge >= 0.3 is 0 Å². The number of benzene rings is 1. The highest BCUT2D eigenvalue weighted by atomic mass is 79.9. The quantitative estimate of drug-likeness (QED) is 0.655. The second kappa shape index (κ2) is 4.59. The number of halogens is 1. The van der Waals surface area contributed by atoms with Crippen LogP contribution in [-0.4, -0.2) is 9.38 Å². The fraction of sp³-hybridized carbons (Fsp3) is 0.0714. The van der Waals surface area contributed by atoms with Crippen molar-refractivity contribution in [3.8, 4) is 11.3 Å². The molecule has 0 aliphatic rings. The van der Waals surface area contributed by atoms with Crippen LogP contribution in [0.15, 0.2) is 52.2 Å². The van der Waals surface area contributed by atoms with Crippen LogP contribution in [0.1, 0.15) is 5.56 Å². The molecule has 0 saturated carbocycles. The van der Waals surface area contributed by atoms with Gasteiger partial charge in [-0.1, -0.05) is 28.1 Å². The van der Waals surface area contributed by atoms with Crippen LogP contribution in [0.3, 0.4) is 0 Å². The Morgan fingerprint density at radius 3 is 2.84 bits per heavy atom. The third-order valence-electron chi connectivity index (χ3n) is 2.94. The topological polar surface area (TPSA) is 46.7 Å². The highest BCUT2D eigenvalue weighted by Crippen LogP contribution is 2.32. The fourth-order valence-corrected chi connectivity index (χ4v) is 2.45. The first kappa shape index (κ1) is 12.0. The molecule has 0 saturated heterocycles. The van der Waals surface area contributed by atoms with Gasteiger partial charge in [0, 0.05) is 16.2 Å². The third-order valence-corrected chi connectivity index (χ3v) is 3.43. The molecule has 94 valence electrons. The average Bonchev–Trinajstić information content (AvgIpc) is 2.76. The Bertz CT molecular complexity index is 779. The predicted molar refractivity (Wildman–Crippen MR) is 78.5 cm³/mol. The molecule has 3 rings (SSSR count). The van der Waals surface area contributed by atoms with Crippen LogP contribution in [0.25, 0.3) is 16.9 Å². The lowest BCUT2D eigenvalue weighted by molar-refractivity contribution is 1.15. The zero-order chi connectivity index (χ0) is 13.4. The minimum atomic E-state index is 0.327. The van der Waals surface area contributed by atoms with Gasteiger partial charge in [-0.05, 0) is 41.9 Å². The summed E-state index contributed by atoms with van der Waals surface area (Å²) in [5.41, 5.74) is 3.28. The van der Waals surface area contributed by atoms with Crippen molar-refractivity contribution in [1.29, 1.82) is 0 Å². The normalized spacial score (nSPS) is 10.8. The molecule has 1 aromatic carbocycles. The summed E-state index contributed by atoms with van der Waals surface area (Å²) < 4.78 is 2.64. The van der Waals surface area contributed by atoms with Crippen LogP contribution in [0.4, 0.5) is 5.82 Å². The predicted octanol–water partition coefficient (Wildman–Crippen LogP) is 4.47. The largest absolute Gasteiger partial charge is 0.281 e. The maximum atomic E-state index is 11.1. The zero-order valence-corrected chi connectivity index (χ0v) is 11.8. The number of pyridine rings is 1. The number of hydrogen-bond donors (Lipinski definition) is 0. The van der Waals surface area contributed by atoms with Crippen molar-refractivity contribution in [2.75, 3.05) is 0 Å². The minimum absolute atomic E-state index is 0.327. The van der Waals surface area contributed by atoms with Crippen LogP contribution in [-0.2, 0) is 0 Å². The second-order valence-corrected chi connectivity index (χ2v) is 5.23. The number of imidazole rings is 1. The van der Waals surface area contributed by atoms with E-state index >= 15 is 0 Å². The minimum Gasteiger partial charge on any atom is -0.281 e. The van der Waals surface area contributed by atoms with Crippen molar-refractivity contribution in [2.45, 2.75) is 6.92 Å². The zero-order valence-electron chi connectivity index (χ0n) is 10.2. The molecular weight excluding hydrogens is 306 g/mol. The molecule has 0 aliphatic heterocycles. The highest BCUT2D eigenvalue weighted by Gasteiger charge is 2.14. The van der Waals surface area contributed by atoms with Crippen molar-refractivity contribution < 1.29 is 0 Å². The van der Waals surface area contributed by atoms with Crippen molar-refractivity contribution in [1.82, 2.24) is 9.38 Å². The Morgan fingerprint density at radius 2 is 2.11 bits per heavy atom. The average molecular weight is 316 g/mol. The second-order valence-electron chi connectivity index (χ2n) is 4.32. The van der Waals surface area contributed by atoms with E-state index in [1.165, 1.54) is 0 Å². The van der Waals surface area contributed by atoms with Gasteiger partial charge in [-0.15, -0.1) is 4.91 Å². The van der Waals surface area contributed by atoms with E-state index in [0.717, 1.165) is 21.2 Å². The van der Waals surface area contributed by atoms with E-state index in [1.807, 2.05) is 49.5 Å². The number of nitrogens with zero attached hydrogens (tertiary/aromatic N) is 3. The highest BCUT2D eigenvalue weighted by molar-refractivity contribution is 9.10. The van der Waals surface area contributed by atoms with Gasteiger partial charge < -0.3 is 0 Å². The molecule has 2 heterocycles. The smallest absolute Gasteiger partial charge is 0.209 e. The molecular formula is C14H10BrN3O. The Labute approximate surface area is 118 Å². The molecule has 0 radical (unpaired) electrons. The van der Waals surface area contributed by atoms with Gasteiger partial charge in [0.05, 0.1) is 0 Å². The van der Waals surface area contributed by atoms with Crippen molar-refractivity contribution in [3.05, 3.63) is 57.5 Å². The molecule has 0 bridgehead atoms. The molecule has 0 amide bonds. The van der Waals surface area contributed by atoms with Crippen molar-refractivity contribution in [2.24, 2.45) is 5.18 Å². The summed E-state index contributed by atoms with van der Waals surface area (Å²) in [5.74, 6) is 0.327. The van der Waals surface area contributed by atoms with E-state index in [-0.39, 0.29) is 0 Å².